The molecular weight excluding hydrogens is 254 g/mol. The molecule has 0 radical (unpaired) electrons. The maximum Gasteiger partial charge on any atom is 0.117 e. The first kappa shape index (κ1) is 14.3. The second-order valence-corrected chi connectivity index (χ2v) is 5.59. The number of benzene rings is 1. The van der Waals surface area contributed by atoms with E-state index in [-0.39, 0.29) is 0 Å². The average Bonchev–Trinajstić information content (AvgIpc) is 2.46. The molecule has 0 saturated carbocycles. The van der Waals surface area contributed by atoms with E-state index in [1.807, 2.05) is 30.0 Å². The SMILES string of the molecule is CCCNCCCCSc1ncnc2ccccc12. The molecule has 4 heteroatoms. The molecule has 0 aliphatic heterocycles. The molecule has 1 heterocycles. The van der Waals surface area contributed by atoms with Crippen molar-refractivity contribution in [1.29, 1.82) is 0 Å². The van der Waals surface area contributed by atoms with Crippen molar-refractivity contribution in [2.75, 3.05) is 18.8 Å². The Morgan fingerprint density at radius 1 is 1.11 bits per heavy atom. The van der Waals surface area contributed by atoms with Crippen LogP contribution in [0.4, 0.5) is 0 Å². The lowest BCUT2D eigenvalue weighted by Gasteiger charge is -2.05. The number of thioether (sulfide) groups is 1. The molecule has 0 aliphatic carbocycles. The lowest BCUT2D eigenvalue weighted by Crippen LogP contribution is -2.15. The van der Waals surface area contributed by atoms with E-state index >= 15 is 0 Å². The van der Waals surface area contributed by atoms with Gasteiger partial charge in [0.2, 0.25) is 0 Å². The molecular formula is C15H21N3S. The third-order valence-corrected chi connectivity index (χ3v) is 4.01. The van der Waals surface area contributed by atoms with Crippen molar-refractivity contribution >= 4 is 22.7 Å². The van der Waals surface area contributed by atoms with Gasteiger partial charge in [-0.1, -0.05) is 25.1 Å². The van der Waals surface area contributed by atoms with Crippen molar-refractivity contribution in [1.82, 2.24) is 15.3 Å². The molecule has 0 spiro atoms. The summed E-state index contributed by atoms with van der Waals surface area (Å²) in [6, 6.07) is 8.20. The Balaban J connectivity index is 1.78. The highest BCUT2D eigenvalue weighted by atomic mass is 32.2. The quantitative estimate of drug-likeness (QED) is 0.454. The second-order valence-electron chi connectivity index (χ2n) is 4.50. The zero-order valence-corrected chi connectivity index (χ0v) is 12.2. The van der Waals surface area contributed by atoms with Crippen molar-refractivity contribution in [3.63, 3.8) is 0 Å². The van der Waals surface area contributed by atoms with Crippen molar-refractivity contribution < 1.29 is 0 Å². The zero-order valence-electron chi connectivity index (χ0n) is 11.4. The molecule has 1 aromatic carbocycles. The molecule has 0 amide bonds. The highest BCUT2D eigenvalue weighted by molar-refractivity contribution is 7.99. The van der Waals surface area contributed by atoms with Gasteiger partial charge in [0.05, 0.1) is 5.52 Å². The van der Waals surface area contributed by atoms with Gasteiger partial charge >= 0.3 is 0 Å². The molecule has 0 atom stereocenters. The summed E-state index contributed by atoms with van der Waals surface area (Å²) < 4.78 is 0. The summed E-state index contributed by atoms with van der Waals surface area (Å²) in [7, 11) is 0. The zero-order chi connectivity index (χ0) is 13.3. The predicted octanol–water partition coefficient (Wildman–Crippen LogP) is 3.50. The normalized spacial score (nSPS) is 11.0. The number of nitrogens with zero attached hydrogens (tertiary/aromatic N) is 2. The van der Waals surface area contributed by atoms with E-state index < -0.39 is 0 Å². The van der Waals surface area contributed by atoms with E-state index in [4.69, 9.17) is 0 Å². The number of fused-ring (bicyclic) bond motifs is 1. The topological polar surface area (TPSA) is 37.8 Å². The Labute approximate surface area is 119 Å². The molecule has 3 nitrogen and oxygen atoms in total. The van der Waals surface area contributed by atoms with Gasteiger partial charge in [0, 0.05) is 5.39 Å². The van der Waals surface area contributed by atoms with Crippen LogP contribution in [-0.4, -0.2) is 28.8 Å². The van der Waals surface area contributed by atoms with Gasteiger partial charge in [0.25, 0.3) is 0 Å². The van der Waals surface area contributed by atoms with E-state index in [0.717, 1.165) is 29.4 Å². The minimum absolute atomic E-state index is 1.03. The van der Waals surface area contributed by atoms with Gasteiger partial charge in [0.15, 0.2) is 0 Å². The number of para-hydroxylation sites is 1. The van der Waals surface area contributed by atoms with Gasteiger partial charge in [-0.05, 0) is 44.2 Å². The van der Waals surface area contributed by atoms with Gasteiger partial charge in [-0.2, -0.15) is 0 Å². The van der Waals surface area contributed by atoms with Crippen molar-refractivity contribution in [3.8, 4) is 0 Å². The van der Waals surface area contributed by atoms with E-state index in [1.54, 1.807) is 6.33 Å². The molecule has 0 bridgehead atoms. The average molecular weight is 275 g/mol. The Morgan fingerprint density at radius 2 is 2.00 bits per heavy atom. The second kappa shape index (κ2) is 8.12. The van der Waals surface area contributed by atoms with Crippen molar-refractivity contribution in [2.45, 2.75) is 31.2 Å². The molecule has 0 unspecified atom stereocenters. The van der Waals surface area contributed by atoms with Crippen LogP contribution >= 0.6 is 11.8 Å². The van der Waals surface area contributed by atoms with Gasteiger partial charge in [-0.25, -0.2) is 9.97 Å². The first-order valence-electron chi connectivity index (χ1n) is 6.95. The third-order valence-electron chi connectivity index (χ3n) is 2.92. The molecule has 102 valence electrons. The van der Waals surface area contributed by atoms with Gasteiger partial charge in [-0.3, -0.25) is 0 Å². The van der Waals surface area contributed by atoms with Gasteiger partial charge in [-0.15, -0.1) is 11.8 Å². The first-order valence-corrected chi connectivity index (χ1v) is 7.93. The molecule has 1 aromatic heterocycles. The van der Waals surface area contributed by atoms with Gasteiger partial charge in [0.1, 0.15) is 11.4 Å². The summed E-state index contributed by atoms with van der Waals surface area (Å²) in [5, 5.41) is 5.70. The molecule has 0 saturated heterocycles. The summed E-state index contributed by atoms with van der Waals surface area (Å²) >= 11 is 1.83. The maximum absolute atomic E-state index is 4.39. The van der Waals surface area contributed by atoms with Crippen LogP contribution < -0.4 is 5.32 Å². The van der Waals surface area contributed by atoms with Gasteiger partial charge < -0.3 is 5.32 Å². The van der Waals surface area contributed by atoms with Crippen molar-refractivity contribution in [2.24, 2.45) is 0 Å². The molecule has 0 aliphatic rings. The largest absolute Gasteiger partial charge is 0.317 e. The Morgan fingerprint density at radius 3 is 2.89 bits per heavy atom. The summed E-state index contributed by atoms with van der Waals surface area (Å²) in [6.07, 6.45) is 5.32. The third kappa shape index (κ3) is 4.48. The predicted molar refractivity (Wildman–Crippen MR) is 82.7 cm³/mol. The molecule has 19 heavy (non-hydrogen) atoms. The Bertz CT molecular complexity index is 496. The number of nitrogens with one attached hydrogen (secondary N) is 1. The number of unbranched alkanes of at least 4 members (excludes halogenated alkanes) is 1. The Kier molecular flexibility index (Phi) is 6.11. The molecule has 0 fully saturated rings. The standard InChI is InChI=1S/C15H21N3S/c1-2-9-16-10-5-6-11-19-15-13-7-3-4-8-14(13)17-12-18-15/h3-4,7-8,12,16H,2,5-6,9-11H2,1H3. The van der Waals surface area contributed by atoms with Crippen molar-refractivity contribution in [3.05, 3.63) is 30.6 Å². The summed E-state index contributed by atoms with van der Waals surface area (Å²) in [5.41, 5.74) is 1.03. The minimum Gasteiger partial charge on any atom is -0.317 e. The maximum atomic E-state index is 4.39. The lowest BCUT2D eigenvalue weighted by atomic mass is 10.2. The van der Waals surface area contributed by atoms with Crippen LogP contribution in [-0.2, 0) is 0 Å². The summed E-state index contributed by atoms with van der Waals surface area (Å²) in [5.74, 6) is 1.12. The fourth-order valence-corrected chi connectivity index (χ4v) is 2.91. The Hall–Kier alpha value is -1.13. The van der Waals surface area contributed by atoms with E-state index in [2.05, 4.69) is 28.3 Å². The number of aromatic nitrogens is 2. The van der Waals surface area contributed by atoms with Crippen LogP contribution in [0.5, 0.6) is 0 Å². The lowest BCUT2D eigenvalue weighted by molar-refractivity contribution is 0.635. The summed E-state index contributed by atoms with van der Waals surface area (Å²) in [4.78, 5) is 8.68. The number of hydrogen-bond donors (Lipinski definition) is 1. The fraction of sp³-hybridized carbons (Fsp3) is 0.467. The fourth-order valence-electron chi connectivity index (χ4n) is 1.92. The first-order chi connectivity index (χ1) is 9.42. The molecule has 2 aromatic rings. The number of rotatable bonds is 8. The van der Waals surface area contributed by atoms with Crippen LogP contribution in [0.15, 0.2) is 35.6 Å². The number of hydrogen-bond acceptors (Lipinski definition) is 4. The van der Waals surface area contributed by atoms with Crippen LogP contribution in [0.1, 0.15) is 26.2 Å². The highest BCUT2D eigenvalue weighted by Gasteiger charge is 2.02. The highest BCUT2D eigenvalue weighted by Crippen LogP contribution is 2.24. The van der Waals surface area contributed by atoms with Crippen LogP contribution in [0, 0.1) is 0 Å². The monoisotopic (exact) mass is 275 g/mol. The van der Waals surface area contributed by atoms with Crippen LogP contribution in [0.3, 0.4) is 0 Å². The summed E-state index contributed by atoms with van der Waals surface area (Å²) in [6.45, 7) is 4.45. The van der Waals surface area contributed by atoms with E-state index in [9.17, 15) is 0 Å². The van der Waals surface area contributed by atoms with E-state index in [1.165, 1.54) is 24.6 Å². The molecule has 2 rings (SSSR count). The van der Waals surface area contributed by atoms with E-state index in [0.29, 0.717) is 0 Å². The smallest absolute Gasteiger partial charge is 0.117 e. The van der Waals surface area contributed by atoms with Crippen LogP contribution in [0.25, 0.3) is 10.9 Å². The van der Waals surface area contributed by atoms with Crippen LogP contribution in [0.2, 0.25) is 0 Å². The minimum atomic E-state index is 1.03. The molecule has 1 N–H and O–H groups in total.